The van der Waals surface area contributed by atoms with E-state index in [1.807, 2.05) is 0 Å². The number of aromatic amines is 1. The summed E-state index contributed by atoms with van der Waals surface area (Å²) >= 11 is 0. The van der Waals surface area contributed by atoms with Gasteiger partial charge in [-0.15, -0.1) is 5.11 Å². The van der Waals surface area contributed by atoms with Gasteiger partial charge in [0.15, 0.2) is 5.69 Å². The van der Waals surface area contributed by atoms with E-state index < -0.39 is 15.7 Å². The Hall–Kier alpha value is -2.59. The van der Waals surface area contributed by atoms with Crippen molar-refractivity contribution in [2.75, 3.05) is 5.73 Å². The van der Waals surface area contributed by atoms with Crippen LogP contribution in [-0.4, -0.2) is 22.9 Å². The lowest BCUT2D eigenvalue weighted by molar-refractivity contribution is 0.483. The number of benzene rings is 1. The number of aromatic nitrogens is 2. The van der Waals surface area contributed by atoms with Crippen LogP contribution in [0.4, 0.5) is 17.3 Å². The average Bonchev–Trinajstić information content (AvgIpc) is 2.37. The lowest BCUT2D eigenvalue weighted by Gasteiger charge is -1.99. The molecule has 0 radical (unpaired) electrons. The van der Waals surface area contributed by atoms with Gasteiger partial charge < -0.3 is 5.73 Å². The summed E-state index contributed by atoms with van der Waals surface area (Å²) in [5, 5.41) is 7.56. The van der Waals surface area contributed by atoms with E-state index in [1.54, 1.807) is 6.92 Å². The highest BCUT2D eigenvalue weighted by Gasteiger charge is 2.09. The first-order valence-electron chi connectivity index (χ1n) is 5.63. The van der Waals surface area contributed by atoms with Crippen LogP contribution in [0.5, 0.6) is 0 Å². The van der Waals surface area contributed by atoms with E-state index in [2.05, 4.69) is 20.2 Å². The molecule has 21 heavy (non-hydrogen) atoms. The zero-order valence-electron chi connectivity index (χ0n) is 10.8. The lowest BCUT2D eigenvalue weighted by Crippen LogP contribution is -2.11. The summed E-state index contributed by atoms with van der Waals surface area (Å²) in [6.45, 7) is 1.56. The molecule has 1 heterocycles. The zero-order valence-corrected chi connectivity index (χ0v) is 11.6. The summed E-state index contributed by atoms with van der Waals surface area (Å²) in [6, 6.07) is 5.01. The molecule has 0 unspecified atom stereocenters. The van der Waals surface area contributed by atoms with Crippen molar-refractivity contribution in [3.05, 3.63) is 40.3 Å². The third-order valence-corrected chi connectivity index (χ3v) is 3.36. The fraction of sp³-hybridized carbons (Fsp3) is 0.0909. The van der Waals surface area contributed by atoms with Crippen molar-refractivity contribution in [3.8, 4) is 0 Å². The molecular formula is C11H11N5O4S. The maximum absolute atomic E-state index is 11.6. The number of H-pyrrole nitrogens is 1. The van der Waals surface area contributed by atoms with Crippen LogP contribution >= 0.6 is 0 Å². The van der Waals surface area contributed by atoms with Gasteiger partial charge in [0, 0.05) is 0 Å². The molecule has 9 nitrogen and oxygen atoms in total. The van der Waals surface area contributed by atoms with Gasteiger partial charge in [-0.1, -0.05) is 0 Å². The summed E-state index contributed by atoms with van der Waals surface area (Å²) in [7, 11) is -4.26. The number of aryl methyl sites for hydroxylation is 1. The largest absolute Gasteiger partial charge is 0.369 e. The Morgan fingerprint density at radius 1 is 1.24 bits per heavy atom. The van der Waals surface area contributed by atoms with E-state index in [9.17, 15) is 13.2 Å². The molecule has 2 aromatic rings. The van der Waals surface area contributed by atoms with Crippen LogP contribution in [0.15, 0.2) is 44.2 Å². The fourth-order valence-corrected chi connectivity index (χ4v) is 1.99. The third-order valence-electron chi connectivity index (χ3n) is 2.49. The number of hydrogen-bond donors (Lipinski definition) is 3. The van der Waals surface area contributed by atoms with Gasteiger partial charge in [-0.3, -0.25) is 14.3 Å². The van der Waals surface area contributed by atoms with Crippen molar-refractivity contribution in [1.29, 1.82) is 0 Å². The van der Waals surface area contributed by atoms with Gasteiger partial charge in [-0.05, 0) is 31.2 Å². The van der Waals surface area contributed by atoms with E-state index in [-0.39, 0.29) is 16.5 Å². The molecule has 0 amide bonds. The van der Waals surface area contributed by atoms with Crippen molar-refractivity contribution in [3.63, 3.8) is 0 Å². The molecule has 4 N–H and O–H groups in total. The number of rotatable bonds is 3. The van der Waals surface area contributed by atoms with Gasteiger partial charge in [0.1, 0.15) is 0 Å². The summed E-state index contributed by atoms with van der Waals surface area (Å²) in [4.78, 5) is 17.5. The van der Waals surface area contributed by atoms with Crippen molar-refractivity contribution >= 4 is 27.4 Å². The van der Waals surface area contributed by atoms with Crippen LogP contribution in [0.2, 0.25) is 0 Å². The standard InChI is InChI=1S/C11H11N5O4S/c1-6-9(10(17)14-11(12)13-6)16-15-7-2-4-8(5-3-7)21(18,19)20/h2-5H,1H3,(H,18,19,20)(H3,12,13,14,17). The fourth-order valence-electron chi connectivity index (χ4n) is 1.51. The highest BCUT2D eigenvalue weighted by molar-refractivity contribution is 7.85. The molecule has 0 atom stereocenters. The molecule has 10 heteroatoms. The van der Waals surface area contributed by atoms with E-state index >= 15 is 0 Å². The number of nitrogens with zero attached hydrogens (tertiary/aromatic N) is 3. The van der Waals surface area contributed by atoms with Gasteiger partial charge in [-0.2, -0.15) is 13.5 Å². The van der Waals surface area contributed by atoms with Crippen LogP contribution in [0.3, 0.4) is 0 Å². The molecule has 0 aliphatic rings. The van der Waals surface area contributed by atoms with Gasteiger partial charge in [-0.25, -0.2) is 4.98 Å². The molecule has 2 rings (SSSR count). The summed E-state index contributed by atoms with van der Waals surface area (Å²) < 4.78 is 30.6. The minimum atomic E-state index is -4.26. The van der Waals surface area contributed by atoms with Crippen molar-refractivity contribution in [1.82, 2.24) is 9.97 Å². The third kappa shape index (κ3) is 3.49. The Bertz CT molecular complexity index is 855. The SMILES string of the molecule is Cc1nc(N)[nH]c(=O)c1N=Nc1ccc(S(=O)(=O)O)cc1. The molecule has 0 saturated carbocycles. The minimum Gasteiger partial charge on any atom is -0.369 e. The Morgan fingerprint density at radius 3 is 2.38 bits per heavy atom. The van der Waals surface area contributed by atoms with Crippen LogP contribution in [0.25, 0.3) is 0 Å². The number of azo groups is 1. The van der Waals surface area contributed by atoms with Gasteiger partial charge in [0.05, 0.1) is 16.3 Å². The molecule has 0 spiro atoms. The highest BCUT2D eigenvalue weighted by Crippen LogP contribution is 2.19. The predicted octanol–water partition coefficient (Wildman–Crippen LogP) is 1.32. The summed E-state index contributed by atoms with van der Waals surface area (Å²) in [5.41, 5.74) is 5.47. The van der Waals surface area contributed by atoms with Gasteiger partial charge in [0.25, 0.3) is 15.7 Å². The molecule has 0 saturated heterocycles. The molecule has 0 bridgehead atoms. The Balaban J connectivity index is 2.33. The second-order valence-corrected chi connectivity index (χ2v) is 5.48. The monoisotopic (exact) mass is 309 g/mol. The predicted molar refractivity (Wildman–Crippen MR) is 74.4 cm³/mol. The Morgan fingerprint density at radius 2 is 1.86 bits per heavy atom. The first kappa shape index (κ1) is 14.8. The van der Waals surface area contributed by atoms with E-state index in [1.165, 1.54) is 24.3 Å². The maximum Gasteiger partial charge on any atom is 0.294 e. The zero-order chi connectivity index (χ0) is 15.6. The number of nitrogen functional groups attached to an aromatic ring is 1. The molecular weight excluding hydrogens is 298 g/mol. The van der Waals surface area contributed by atoms with Crippen molar-refractivity contribution in [2.24, 2.45) is 10.2 Å². The molecule has 110 valence electrons. The highest BCUT2D eigenvalue weighted by atomic mass is 32.2. The normalized spacial score (nSPS) is 11.9. The first-order chi connectivity index (χ1) is 9.77. The summed E-state index contributed by atoms with van der Waals surface area (Å²) in [5.74, 6) is -0.0195. The van der Waals surface area contributed by atoms with Crippen LogP contribution in [0, 0.1) is 6.92 Å². The second kappa shape index (κ2) is 5.42. The Labute approximate surface area is 119 Å². The van der Waals surface area contributed by atoms with Crippen LogP contribution in [-0.2, 0) is 10.1 Å². The van der Waals surface area contributed by atoms with Crippen molar-refractivity contribution in [2.45, 2.75) is 11.8 Å². The van der Waals surface area contributed by atoms with Crippen molar-refractivity contribution < 1.29 is 13.0 Å². The van der Waals surface area contributed by atoms with E-state index in [4.69, 9.17) is 10.3 Å². The van der Waals surface area contributed by atoms with Crippen LogP contribution < -0.4 is 11.3 Å². The quantitative estimate of drug-likeness (QED) is 0.574. The first-order valence-corrected chi connectivity index (χ1v) is 7.07. The maximum atomic E-state index is 11.6. The summed E-state index contributed by atoms with van der Waals surface area (Å²) in [6.07, 6.45) is 0. The second-order valence-electron chi connectivity index (χ2n) is 4.05. The molecule has 1 aromatic carbocycles. The molecule has 0 fully saturated rings. The molecule has 0 aliphatic heterocycles. The number of anilines is 1. The number of nitrogens with two attached hydrogens (primary N) is 1. The van der Waals surface area contributed by atoms with Crippen LogP contribution in [0.1, 0.15) is 5.69 Å². The average molecular weight is 309 g/mol. The minimum absolute atomic E-state index is 0.00283. The number of hydrogen-bond acceptors (Lipinski definition) is 7. The number of nitrogens with one attached hydrogen (secondary N) is 1. The van der Waals surface area contributed by atoms with Gasteiger partial charge >= 0.3 is 0 Å². The topological polar surface area (TPSA) is 151 Å². The Kier molecular flexibility index (Phi) is 3.82. The van der Waals surface area contributed by atoms with E-state index in [0.29, 0.717) is 11.4 Å². The smallest absolute Gasteiger partial charge is 0.294 e. The van der Waals surface area contributed by atoms with E-state index in [0.717, 1.165) is 0 Å². The molecule has 0 aliphatic carbocycles. The molecule has 1 aromatic heterocycles. The van der Waals surface area contributed by atoms with Gasteiger partial charge in [0.2, 0.25) is 5.95 Å². The lowest BCUT2D eigenvalue weighted by atomic mass is 10.3.